The Bertz CT molecular complexity index is 1040. The van der Waals surface area contributed by atoms with Crippen molar-refractivity contribution in [3.63, 3.8) is 0 Å². The van der Waals surface area contributed by atoms with Gasteiger partial charge in [-0.3, -0.25) is 9.59 Å². The van der Waals surface area contributed by atoms with Gasteiger partial charge in [-0.15, -0.1) is 23.1 Å². The number of rotatable bonds is 5. The van der Waals surface area contributed by atoms with E-state index in [9.17, 15) is 9.59 Å². The number of nitrogens with two attached hydrogens (primary N) is 1. The Morgan fingerprint density at radius 3 is 2.70 bits per heavy atom. The van der Waals surface area contributed by atoms with Crippen LogP contribution in [-0.2, 0) is 17.6 Å². The summed E-state index contributed by atoms with van der Waals surface area (Å²) < 4.78 is 0. The molecule has 4 nitrogen and oxygen atoms in total. The van der Waals surface area contributed by atoms with Crippen molar-refractivity contribution in [1.29, 1.82) is 0 Å². The maximum Gasteiger partial charge on any atom is 0.251 e. The van der Waals surface area contributed by atoms with Gasteiger partial charge in [0.05, 0.1) is 10.8 Å². The Labute approximate surface area is 166 Å². The van der Waals surface area contributed by atoms with Crippen molar-refractivity contribution in [1.82, 2.24) is 0 Å². The predicted molar refractivity (Wildman–Crippen MR) is 113 cm³/mol. The Kier molecular flexibility index (Phi) is 4.93. The Morgan fingerprint density at radius 1 is 1.15 bits per heavy atom. The van der Waals surface area contributed by atoms with E-state index in [1.54, 1.807) is 0 Å². The van der Waals surface area contributed by atoms with Crippen LogP contribution in [0.15, 0.2) is 47.4 Å². The van der Waals surface area contributed by atoms with E-state index in [0.29, 0.717) is 10.6 Å². The number of aryl methyl sites for hydroxylation is 1. The summed E-state index contributed by atoms with van der Waals surface area (Å²) >= 11 is 3.00. The van der Waals surface area contributed by atoms with Gasteiger partial charge in [0, 0.05) is 9.77 Å². The summed E-state index contributed by atoms with van der Waals surface area (Å²) in [7, 11) is 0. The molecule has 2 amide bonds. The number of primary amides is 1. The quantitative estimate of drug-likeness (QED) is 0.619. The molecule has 3 aromatic rings. The average molecular weight is 397 g/mol. The van der Waals surface area contributed by atoms with Gasteiger partial charge in [0.1, 0.15) is 5.00 Å². The molecule has 1 heterocycles. The van der Waals surface area contributed by atoms with Crippen LogP contribution in [-0.4, -0.2) is 17.1 Å². The van der Waals surface area contributed by atoms with Crippen molar-refractivity contribution in [2.45, 2.75) is 36.3 Å². The zero-order valence-corrected chi connectivity index (χ0v) is 16.6. The van der Waals surface area contributed by atoms with Crippen LogP contribution in [0.25, 0.3) is 10.8 Å². The van der Waals surface area contributed by atoms with Crippen molar-refractivity contribution in [3.05, 3.63) is 58.5 Å². The second kappa shape index (κ2) is 7.37. The van der Waals surface area contributed by atoms with E-state index < -0.39 is 5.91 Å². The van der Waals surface area contributed by atoms with E-state index in [1.807, 2.05) is 25.1 Å². The van der Waals surface area contributed by atoms with Gasteiger partial charge >= 0.3 is 0 Å². The lowest BCUT2D eigenvalue weighted by atomic mass is 10.1. The SMILES string of the molecule is C[C@H](Sc1ccc2ccccc2c1)C(=O)Nc1sc2c(c1C(N)=O)CCC2. The maximum atomic E-state index is 12.7. The zero-order chi connectivity index (χ0) is 19.0. The number of hydrogen-bond acceptors (Lipinski definition) is 4. The first-order chi connectivity index (χ1) is 13.0. The molecule has 0 saturated heterocycles. The van der Waals surface area contributed by atoms with E-state index in [-0.39, 0.29) is 11.2 Å². The summed E-state index contributed by atoms with van der Waals surface area (Å²) in [4.78, 5) is 26.8. The van der Waals surface area contributed by atoms with Crippen LogP contribution in [0.1, 0.15) is 34.1 Å². The molecule has 0 fully saturated rings. The number of carbonyl (C=O) groups excluding carboxylic acids is 2. The van der Waals surface area contributed by atoms with Crippen LogP contribution < -0.4 is 11.1 Å². The minimum Gasteiger partial charge on any atom is -0.365 e. The van der Waals surface area contributed by atoms with Crippen LogP contribution >= 0.6 is 23.1 Å². The number of thiophene rings is 1. The minimum absolute atomic E-state index is 0.115. The molecule has 0 radical (unpaired) electrons. The van der Waals surface area contributed by atoms with E-state index >= 15 is 0 Å². The van der Waals surface area contributed by atoms with Crippen molar-refractivity contribution in [2.24, 2.45) is 5.73 Å². The second-order valence-electron chi connectivity index (χ2n) is 6.68. The molecule has 0 spiro atoms. The van der Waals surface area contributed by atoms with Gasteiger partial charge in [-0.05, 0) is 54.7 Å². The predicted octanol–water partition coefficient (Wildman–Crippen LogP) is 4.61. The van der Waals surface area contributed by atoms with Crippen molar-refractivity contribution < 1.29 is 9.59 Å². The van der Waals surface area contributed by atoms with Crippen molar-refractivity contribution in [2.75, 3.05) is 5.32 Å². The van der Waals surface area contributed by atoms with Gasteiger partial charge in [-0.1, -0.05) is 30.3 Å². The third kappa shape index (κ3) is 3.59. The van der Waals surface area contributed by atoms with E-state index in [2.05, 4.69) is 29.6 Å². The number of carbonyl (C=O) groups is 2. The first-order valence-corrected chi connectivity index (χ1v) is 10.6. The van der Waals surface area contributed by atoms with E-state index in [1.165, 1.54) is 33.4 Å². The third-order valence-electron chi connectivity index (χ3n) is 4.81. The van der Waals surface area contributed by atoms with Gasteiger partial charge in [0.25, 0.3) is 5.91 Å². The molecule has 27 heavy (non-hydrogen) atoms. The number of anilines is 1. The molecule has 1 aliphatic carbocycles. The lowest BCUT2D eigenvalue weighted by Gasteiger charge is -2.12. The van der Waals surface area contributed by atoms with E-state index in [0.717, 1.165) is 35.1 Å². The molecule has 3 N–H and O–H groups in total. The van der Waals surface area contributed by atoms with Gasteiger partial charge in [0.2, 0.25) is 5.91 Å². The summed E-state index contributed by atoms with van der Waals surface area (Å²) in [6, 6.07) is 14.4. The Balaban J connectivity index is 1.50. The lowest BCUT2D eigenvalue weighted by molar-refractivity contribution is -0.115. The number of fused-ring (bicyclic) bond motifs is 2. The molecule has 0 bridgehead atoms. The second-order valence-corrected chi connectivity index (χ2v) is 9.20. The number of thioether (sulfide) groups is 1. The fraction of sp³-hybridized carbons (Fsp3) is 0.238. The molecular weight excluding hydrogens is 376 g/mol. The van der Waals surface area contributed by atoms with Crippen LogP contribution in [0, 0.1) is 0 Å². The highest BCUT2D eigenvalue weighted by Gasteiger charge is 2.27. The van der Waals surface area contributed by atoms with Crippen LogP contribution in [0.3, 0.4) is 0 Å². The standard InChI is InChI=1S/C21H20N2O2S2/c1-12(26-15-10-9-13-5-2-3-6-14(13)11-15)20(25)23-21-18(19(22)24)16-7-4-8-17(16)27-21/h2-3,5-6,9-12H,4,7-8H2,1H3,(H2,22,24)(H,23,25)/t12-/m0/s1. The van der Waals surface area contributed by atoms with Gasteiger partial charge in [0.15, 0.2) is 0 Å². The smallest absolute Gasteiger partial charge is 0.251 e. The summed E-state index contributed by atoms with van der Waals surface area (Å²) in [5.74, 6) is -0.574. The minimum atomic E-state index is -0.459. The highest BCUT2D eigenvalue weighted by atomic mass is 32.2. The maximum absolute atomic E-state index is 12.7. The first-order valence-electron chi connectivity index (χ1n) is 8.93. The Hall–Kier alpha value is -2.31. The molecule has 0 saturated carbocycles. The summed E-state index contributed by atoms with van der Waals surface area (Å²) in [6.45, 7) is 1.88. The molecule has 2 aromatic carbocycles. The topological polar surface area (TPSA) is 72.2 Å². The van der Waals surface area contributed by atoms with Crippen LogP contribution in [0.2, 0.25) is 0 Å². The molecule has 1 aromatic heterocycles. The Morgan fingerprint density at radius 2 is 1.93 bits per heavy atom. The highest BCUT2D eigenvalue weighted by Crippen LogP contribution is 2.39. The lowest BCUT2D eigenvalue weighted by Crippen LogP contribution is -2.24. The first kappa shape index (κ1) is 18.1. The number of amides is 2. The normalized spacial score (nSPS) is 14.1. The highest BCUT2D eigenvalue weighted by molar-refractivity contribution is 8.00. The molecule has 138 valence electrons. The summed E-state index contributed by atoms with van der Waals surface area (Å²) in [5.41, 5.74) is 7.10. The van der Waals surface area contributed by atoms with Crippen molar-refractivity contribution in [3.8, 4) is 0 Å². The van der Waals surface area contributed by atoms with Gasteiger partial charge in [-0.25, -0.2) is 0 Å². The fourth-order valence-corrected chi connectivity index (χ4v) is 5.68. The van der Waals surface area contributed by atoms with Crippen LogP contribution in [0.5, 0.6) is 0 Å². The molecular formula is C21H20N2O2S2. The molecule has 0 aliphatic heterocycles. The molecule has 6 heteroatoms. The third-order valence-corrected chi connectivity index (χ3v) is 7.11. The van der Waals surface area contributed by atoms with Crippen LogP contribution in [0.4, 0.5) is 5.00 Å². The zero-order valence-electron chi connectivity index (χ0n) is 15.0. The summed E-state index contributed by atoms with van der Waals surface area (Å²) in [6.07, 6.45) is 2.86. The number of benzene rings is 2. The average Bonchev–Trinajstić information content (AvgIpc) is 3.21. The molecule has 1 atom stereocenters. The van der Waals surface area contributed by atoms with E-state index in [4.69, 9.17) is 5.73 Å². The fourth-order valence-electron chi connectivity index (χ4n) is 3.46. The van der Waals surface area contributed by atoms with Crippen molar-refractivity contribution >= 4 is 50.7 Å². The largest absolute Gasteiger partial charge is 0.365 e. The number of hydrogen-bond donors (Lipinski definition) is 2. The molecule has 4 rings (SSSR count). The summed E-state index contributed by atoms with van der Waals surface area (Å²) in [5, 5.41) is 5.58. The number of nitrogens with one attached hydrogen (secondary N) is 1. The monoisotopic (exact) mass is 396 g/mol. The van der Waals surface area contributed by atoms with Gasteiger partial charge in [-0.2, -0.15) is 0 Å². The molecule has 0 unspecified atom stereocenters. The molecule has 1 aliphatic rings. The van der Waals surface area contributed by atoms with Gasteiger partial charge < -0.3 is 11.1 Å².